The van der Waals surface area contributed by atoms with Crippen molar-refractivity contribution in [3.05, 3.63) is 96.8 Å². The summed E-state index contributed by atoms with van der Waals surface area (Å²) in [5.41, 5.74) is -0.581. The van der Waals surface area contributed by atoms with E-state index in [0.717, 1.165) is 28.8 Å². The lowest BCUT2D eigenvalue weighted by atomic mass is 9.75. The Morgan fingerprint density at radius 2 is 1.59 bits per heavy atom. The van der Waals surface area contributed by atoms with Gasteiger partial charge in [0.15, 0.2) is 9.84 Å². The quantitative estimate of drug-likeness (QED) is 0.464. The lowest BCUT2D eigenvalue weighted by Crippen LogP contribution is -2.43. The molecule has 0 amide bonds. The average Bonchev–Trinajstić information content (AvgIpc) is 3.49. The molecule has 1 fully saturated rings. The number of rotatable bonds is 8. The van der Waals surface area contributed by atoms with E-state index < -0.39 is 37.1 Å². The number of aliphatic hydroxyl groups is 1. The Morgan fingerprint density at radius 3 is 2.15 bits per heavy atom. The van der Waals surface area contributed by atoms with Crippen LogP contribution in [0.25, 0.3) is 0 Å². The molecule has 0 radical (unpaired) electrons. The Bertz CT molecular complexity index is 1380. The third-order valence-electron chi connectivity index (χ3n) is 6.89. The molecule has 4 rings (SSSR count). The molecule has 1 aliphatic rings. The van der Waals surface area contributed by atoms with Gasteiger partial charge >= 0.3 is 0 Å². The largest absolute Gasteiger partial charge is 0.384 e. The fourth-order valence-electron chi connectivity index (χ4n) is 4.85. The zero-order valence-electron chi connectivity index (χ0n) is 19.0. The summed E-state index contributed by atoms with van der Waals surface area (Å²) in [5.74, 6) is -1.12. The van der Waals surface area contributed by atoms with E-state index in [1.54, 1.807) is 36.4 Å². The molecule has 3 atom stereocenters. The van der Waals surface area contributed by atoms with Gasteiger partial charge in [0.2, 0.25) is 0 Å². The maximum absolute atomic E-state index is 13.3. The normalized spacial score (nSPS) is 19.6. The molecule has 6 nitrogen and oxygen atoms in total. The summed E-state index contributed by atoms with van der Waals surface area (Å²) in [5, 5.41) is 12.0. The van der Waals surface area contributed by atoms with Crippen molar-refractivity contribution in [2.45, 2.75) is 41.6 Å². The van der Waals surface area contributed by atoms with Gasteiger partial charge in [-0.05, 0) is 61.4 Å². The van der Waals surface area contributed by atoms with Gasteiger partial charge in [0.25, 0.3) is 10.0 Å². The van der Waals surface area contributed by atoms with Crippen molar-refractivity contribution < 1.29 is 21.9 Å². The molecule has 1 aromatic heterocycles. The first-order valence-corrected chi connectivity index (χ1v) is 14.3. The molecule has 0 aliphatic heterocycles. The molecule has 2 aromatic carbocycles. The topological polar surface area (TPSA) is 93.4 Å². The summed E-state index contributed by atoms with van der Waals surface area (Å²) >= 11 is 0. The highest BCUT2D eigenvalue weighted by Gasteiger charge is 2.46. The van der Waals surface area contributed by atoms with Gasteiger partial charge in [0.1, 0.15) is 5.60 Å². The number of hydrogen-bond donors (Lipinski definition) is 1. The molecule has 0 spiro atoms. The molecule has 1 N–H and O–H groups in total. The molecule has 0 bridgehead atoms. The Morgan fingerprint density at radius 1 is 1.00 bits per heavy atom. The van der Waals surface area contributed by atoms with Crippen LogP contribution in [0.3, 0.4) is 0 Å². The minimum atomic E-state index is -3.89. The van der Waals surface area contributed by atoms with Crippen LogP contribution in [0.15, 0.2) is 101 Å². The van der Waals surface area contributed by atoms with Gasteiger partial charge in [-0.1, -0.05) is 55.5 Å². The van der Waals surface area contributed by atoms with Crippen LogP contribution in [0.4, 0.5) is 0 Å². The van der Waals surface area contributed by atoms with E-state index in [4.69, 9.17) is 0 Å². The van der Waals surface area contributed by atoms with Gasteiger partial charge in [-0.3, -0.25) is 0 Å². The number of nitrogens with zero attached hydrogens (tertiary/aromatic N) is 1. The van der Waals surface area contributed by atoms with E-state index in [1.165, 1.54) is 42.7 Å². The van der Waals surface area contributed by atoms with E-state index in [-0.39, 0.29) is 21.3 Å². The second kappa shape index (κ2) is 9.17. The van der Waals surface area contributed by atoms with Crippen molar-refractivity contribution in [2.24, 2.45) is 11.8 Å². The lowest BCUT2D eigenvalue weighted by Gasteiger charge is -2.37. The monoisotopic (exact) mass is 499 g/mol. The van der Waals surface area contributed by atoms with Crippen LogP contribution in [-0.2, 0) is 25.5 Å². The molecule has 1 saturated carbocycles. The standard InChI is InChI=1S/C26H29NO5S2/c1-20-10-9-15-25(20)21(2)26(28,19-33(29,30)23-11-5-3-6-12-23)22-16-17-27(18-22)34(31,32)24-13-7-4-8-14-24/h3-8,11-14,16-18,21,25,28H,1,9-10,15,19H2,2H3. The minimum Gasteiger partial charge on any atom is -0.384 e. The SMILES string of the molecule is C=C1CCCC1C(C)C(O)(CS(=O)(=O)c1ccccc1)c1ccn(S(=O)(=O)c2ccccc2)c1. The molecule has 3 aromatic rings. The first-order valence-electron chi connectivity index (χ1n) is 11.2. The van der Waals surface area contributed by atoms with Crippen LogP contribution in [-0.4, -0.2) is 31.7 Å². The Balaban J connectivity index is 1.79. The third kappa shape index (κ3) is 4.50. The minimum absolute atomic E-state index is 0.0648. The van der Waals surface area contributed by atoms with Crippen LogP contribution >= 0.6 is 0 Å². The summed E-state index contributed by atoms with van der Waals surface area (Å²) in [6.45, 7) is 5.97. The number of allylic oxidation sites excluding steroid dienone is 1. The first kappa shape index (κ1) is 24.4. The number of sulfone groups is 1. The summed E-state index contributed by atoms with van der Waals surface area (Å²) in [7, 11) is -7.77. The fraction of sp³-hybridized carbons (Fsp3) is 0.308. The average molecular weight is 500 g/mol. The third-order valence-corrected chi connectivity index (χ3v) is 10.4. The smallest absolute Gasteiger partial charge is 0.267 e. The molecule has 1 aliphatic carbocycles. The molecule has 8 heteroatoms. The van der Waals surface area contributed by atoms with Gasteiger partial charge in [-0.2, -0.15) is 0 Å². The van der Waals surface area contributed by atoms with Crippen molar-refractivity contribution in [3.8, 4) is 0 Å². The van der Waals surface area contributed by atoms with Crippen LogP contribution in [0.5, 0.6) is 0 Å². The molecule has 34 heavy (non-hydrogen) atoms. The van der Waals surface area contributed by atoms with E-state index in [9.17, 15) is 21.9 Å². The predicted octanol–water partition coefficient (Wildman–Crippen LogP) is 4.38. The van der Waals surface area contributed by atoms with Crippen LogP contribution < -0.4 is 0 Å². The number of hydrogen-bond acceptors (Lipinski definition) is 5. The van der Waals surface area contributed by atoms with Gasteiger partial charge < -0.3 is 5.11 Å². The molecular weight excluding hydrogens is 470 g/mol. The van der Waals surface area contributed by atoms with Crippen LogP contribution in [0.1, 0.15) is 31.7 Å². The second-order valence-corrected chi connectivity index (χ2v) is 12.8. The van der Waals surface area contributed by atoms with Crippen molar-refractivity contribution in [1.82, 2.24) is 3.97 Å². The van der Waals surface area contributed by atoms with Gasteiger partial charge in [0.05, 0.1) is 15.5 Å². The second-order valence-electron chi connectivity index (χ2n) is 8.99. The van der Waals surface area contributed by atoms with Crippen LogP contribution in [0.2, 0.25) is 0 Å². The zero-order valence-corrected chi connectivity index (χ0v) is 20.7. The summed E-state index contributed by atoms with van der Waals surface area (Å²) < 4.78 is 53.9. The van der Waals surface area contributed by atoms with Crippen molar-refractivity contribution in [3.63, 3.8) is 0 Å². The van der Waals surface area contributed by atoms with Gasteiger partial charge in [-0.15, -0.1) is 0 Å². The maximum Gasteiger partial charge on any atom is 0.267 e. The Kier molecular flexibility index (Phi) is 6.59. The van der Waals surface area contributed by atoms with E-state index >= 15 is 0 Å². The molecule has 1 heterocycles. The highest BCUT2D eigenvalue weighted by atomic mass is 32.2. The Labute approximate surface area is 201 Å². The molecule has 0 saturated heterocycles. The van der Waals surface area contributed by atoms with Crippen molar-refractivity contribution in [1.29, 1.82) is 0 Å². The molecule has 3 unspecified atom stereocenters. The van der Waals surface area contributed by atoms with Crippen LogP contribution in [0, 0.1) is 11.8 Å². The van der Waals surface area contributed by atoms with E-state index in [0.29, 0.717) is 0 Å². The summed E-state index contributed by atoms with van der Waals surface area (Å²) in [6.07, 6.45) is 5.25. The van der Waals surface area contributed by atoms with Crippen molar-refractivity contribution in [2.75, 3.05) is 5.75 Å². The Hall–Kier alpha value is -2.68. The first-order chi connectivity index (χ1) is 16.1. The predicted molar refractivity (Wildman–Crippen MR) is 131 cm³/mol. The van der Waals surface area contributed by atoms with Crippen molar-refractivity contribution >= 4 is 19.9 Å². The highest BCUT2D eigenvalue weighted by Crippen LogP contribution is 2.45. The molecule has 180 valence electrons. The summed E-state index contributed by atoms with van der Waals surface area (Å²) in [4.78, 5) is 0.219. The number of aromatic nitrogens is 1. The maximum atomic E-state index is 13.3. The fourth-order valence-corrected chi connectivity index (χ4v) is 7.82. The van der Waals surface area contributed by atoms with E-state index in [1.807, 2.05) is 6.92 Å². The lowest BCUT2D eigenvalue weighted by molar-refractivity contribution is -0.0130. The highest BCUT2D eigenvalue weighted by molar-refractivity contribution is 7.91. The van der Waals surface area contributed by atoms with E-state index in [2.05, 4.69) is 6.58 Å². The summed E-state index contributed by atoms with van der Waals surface area (Å²) in [6, 6.07) is 17.5. The van der Waals surface area contributed by atoms with Gasteiger partial charge in [0, 0.05) is 18.0 Å². The molecular formula is C26H29NO5S2. The number of benzene rings is 2. The zero-order chi connectivity index (χ0) is 24.6. The van der Waals surface area contributed by atoms with Gasteiger partial charge in [-0.25, -0.2) is 20.8 Å².